The van der Waals surface area contributed by atoms with E-state index in [1.165, 1.54) is 0 Å². The number of rotatable bonds is 7. The fourth-order valence-corrected chi connectivity index (χ4v) is 3.55. The molecule has 1 aliphatic heterocycles. The Bertz CT molecular complexity index is 839. The first-order chi connectivity index (χ1) is 13.5. The van der Waals surface area contributed by atoms with Gasteiger partial charge in [-0.3, -0.25) is 9.59 Å². The molecule has 1 heterocycles. The first-order valence-electron chi connectivity index (χ1n) is 8.89. The second-order valence-electron chi connectivity index (χ2n) is 6.33. The summed E-state index contributed by atoms with van der Waals surface area (Å²) in [5.74, 6) is 0.0551. The van der Waals surface area contributed by atoms with Gasteiger partial charge in [0.25, 0.3) is 11.8 Å². The zero-order valence-corrected chi connectivity index (χ0v) is 17.4. The molecular weight excluding hydrogens is 448 g/mol. The number of anilines is 1. The largest absolute Gasteiger partial charge is 0.483 e. The van der Waals surface area contributed by atoms with Gasteiger partial charge in [-0.05, 0) is 71.2 Å². The zero-order valence-electron chi connectivity index (χ0n) is 15.0. The molecule has 6 nitrogen and oxygen atoms in total. The smallest absolute Gasteiger partial charge is 0.262 e. The molecule has 0 saturated carbocycles. The van der Waals surface area contributed by atoms with Gasteiger partial charge in [-0.25, -0.2) is 0 Å². The Labute approximate surface area is 176 Å². The number of hydrogen-bond acceptors (Lipinski definition) is 4. The molecule has 2 aromatic rings. The van der Waals surface area contributed by atoms with E-state index in [0.717, 1.165) is 19.4 Å². The summed E-state index contributed by atoms with van der Waals surface area (Å²) >= 11 is 9.21. The van der Waals surface area contributed by atoms with Gasteiger partial charge in [0, 0.05) is 29.4 Å². The summed E-state index contributed by atoms with van der Waals surface area (Å²) in [6, 6.07) is 11.7. The minimum absolute atomic E-state index is 0.100. The van der Waals surface area contributed by atoms with E-state index in [4.69, 9.17) is 21.1 Å². The second-order valence-corrected chi connectivity index (χ2v) is 7.62. The molecular formula is C20H20BrClN2O4. The Balaban J connectivity index is 1.46. The fraction of sp³-hybridized carbons (Fsp3) is 0.300. The van der Waals surface area contributed by atoms with Crippen molar-refractivity contribution in [2.24, 2.45) is 0 Å². The van der Waals surface area contributed by atoms with Gasteiger partial charge in [-0.2, -0.15) is 0 Å². The number of benzene rings is 2. The monoisotopic (exact) mass is 466 g/mol. The van der Waals surface area contributed by atoms with Crippen molar-refractivity contribution in [1.29, 1.82) is 0 Å². The maximum atomic E-state index is 12.2. The average molecular weight is 468 g/mol. The highest BCUT2D eigenvalue weighted by Crippen LogP contribution is 2.27. The van der Waals surface area contributed by atoms with Crippen LogP contribution in [0.25, 0.3) is 0 Å². The lowest BCUT2D eigenvalue weighted by Gasteiger charge is -2.11. The third-order valence-electron chi connectivity index (χ3n) is 4.20. The Morgan fingerprint density at radius 1 is 1.21 bits per heavy atom. The predicted molar refractivity (Wildman–Crippen MR) is 111 cm³/mol. The van der Waals surface area contributed by atoms with Gasteiger partial charge >= 0.3 is 0 Å². The number of carbonyl (C=O) groups excluding carboxylic acids is 2. The van der Waals surface area contributed by atoms with E-state index in [1.54, 1.807) is 42.5 Å². The van der Waals surface area contributed by atoms with Crippen LogP contribution >= 0.6 is 27.5 Å². The molecule has 0 radical (unpaired) electrons. The molecule has 0 aromatic heterocycles. The van der Waals surface area contributed by atoms with Crippen LogP contribution in [0.5, 0.6) is 5.75 Å². The van der Waals surface area contributed by atoms with Crippen LogP contribution in [0, 0.1) is 0 Å². The average Bonchev–Trinajstić information content (AvgIpc) is 3.19. The normalized spacial score (nSPS) is 15.9. The van der Waals surface area contributed by atoms with Crippen LogP contribution < -0.4 is 15.4 Å². The summed E-state index contributed by atoms with van der Waals surface area (Å²) in [6.45, 7) is 1.12. The number of ether oxygens (including phenoxy) is 2. The molecule has 1 fully saturated rings. The molecule has 148 valence electrons. The quantitative estimate of drug-likeness (QED) is 0.645. The van der Waals surface area contributed by atoms with Crippen LogP contribution in [-0.2, 0) is 9.53 Å². The highest BCUT2D eigenvalue weighted by Gasteiger charge is 2.16. The molecule has 1 saturated heterocycles. The Morgan fingerprint density at radius 3 is 2.68 bits per heavy atom. The van der Waals surface area contributed by atoms with Crippen molar-refractivity contribution in [3.05, 3.63) is 57.5 Å². The molecule has 1 aliphatic rings. The van der Waals surface area contributed by atoms with Gasteiger partial charge in [-0.1, -0.05) is 11.6 Å². The number of amides is 2. The van der Waals surface area contributed by atoms with E-state index < -0.39 is 0 Å². The van der Waals surface area contributed by atoms with Crippen molar-refractivity contribution in [3.63, 3.8) is 0 Å². The molecule has 2 N–H and O–H groups in total. The Hall–Kier alpha value is -2.09. The minimum Gasteiger partial charge on any atom is -0.483 e. The van der Waals surface area contributed by atoms with E-state index in [1.807, 2.05) is 0 Å². The number of halogens is 2. The SMILES string of the molecule is O=C(COc1ccc(Cl)cc1Br)Nc1ccc(C(=O)NCC2CCCO2)cc1. The van der Waals surface area contributed by atoms with E-state index >= 15 is 0 Å². The summed E-state index contributed by atoms with van der Waals surface area (Å²) in [5, 5.41) is 6.17. The summed E-state index contributed by atoms with van der Waals surface area (Å²) in [4.78, 5) is 24.2. The van der Waals surface area contributed by atoms with Gasteiger partial charge in [0.1, 0.15) is 5.75 Å². The van der Waals surface area contributed by atoms with Crippen molar-refractivity contribution in [1.82, 2.24) is 5.32 Å². The van der Waals surface area contributed by atoms with Crippen LogP contribution in [-0.4, -0.2) is 37.7 Å². The molecule has 8 heteroatoms. The Kier molecular flexibility index (Phi) is 7.30. The molecule has 0 spiro atoms. The van der Waals surface area contributed by atoms with Gasteiger partial charge in [-0.15, -0.1) is 0 Å². The third kappa shape index (κ3) is 5.95. The molecule has 1 unspecified atom stereocenters. The van der Waals surface area contributed by atoms with Crippen LogP contribution in [0.1, 0.15) is 23.2 Å². The topological polar surface area (TPSA) is 76.7 Å². The number of carbonyl (C=O) groups is 2. The molecule has 3 rings (SSSR count). The number of hydrogen-bond donors (Lipinski definition) is 2. The predicted octanol–water partition coefficient (Wildman–Crippen LogP) is 4.03. The number of nitrogens with one attached hydrogen (secondary N) is 2. The molecule has 0 aliphatic carbocycles. The van der Waals surface area contributed by atoms with Gasteiger partial charge in [0.2, 0.25) is 0 Å². The molecule has 2 amide bonds. The molecule has 28 heavy (non-hydrogen) atoms. The zero-order chi connectivity index (χ0) is 19.9. The van der Waals surface area contributed by atoms with Gasteiger partial charge < -0.3 is 20.1 Å². The summed E-state index contributed by atoms with van der Waals surface area (Å²) < 4.78 is 11.6. The van der Waals surface area contributed by atoms with Crippen molar-refractivity contribution >= 4 is 45.0 Å². The van der Waals surface area contributed by atoms with E-state index in [-0.39, 0.29) is 24.5 Å². The summed E-state index contributed by atoms with van der Waals surface area (Å²) in [6.07, 6.45) is 2.11. The van der Waals surface area contributed by atoms with Crippen molar-refractivity contribution in [2.45, 2.75) is 18.9 Å². The lowest BCUT2D eigenvalue weighted by atomic mass is 10.2. The van der Waals surface area contributed by atoms with Crippen molar-refractivity contribution in [3.8, 4) is 5.75 Å². The standard InChI is InChI=1S/C20H20BrClN2O4/c21-17-10-14(22)5-8-18(17)28-12-19(25)24-15-6-3-13(4-7-15)20(26)23-11-16-2-1-9-27-16/h3-8,10,16H,1-2,9,11-12H2,(H,23,26)(H,24,25). The summed E-state index contributed by atoms with van der Waals surface area (Å²) in [7, 11) is 0. The van der Waals surface area contributed by atoms with Crippen LogP contribution in [0.2, 0.25) is 5.02 Å². The molecule has 2 aromatic carbocycles. The molecule has 1 atom stereocenters. The first kappa shape index (κ1) is 20.6. The molecule has 0 bridgehead atoms. The third-order valence-corrected chi connectivity index (χ3v) is 5.05. The Morgan fingerprint density at radius 2 is 2.00 bits per heavy atom. The van der Waals surface area contributed by atoms with Gasteiger partial charge in [0.05, 0.1) is 10.6 Å². The van der Waals surface area contributed by atoms with Crippen LogP contribution in [0.15, 0.2) is 46.9 Å². The maximum absolute atomic E-state index is 12.2. The fourth-order valence-electron chi connectivity index (χ4n) is 2.75. The van der Waals surface area contributed by atoms with E-state index in [0.29, 0.717) is 33.0 Å². The van der Waals surface area contributed by atoms with Crippen LogP contribution in [0.4, 0.5) is 5.69 Å². The lowest BCUT2D eigenvalue weighted by molar-refractivity contribution is -0.118. The lowest BCUT2D eigenvalue weighted by Crippen LogP contribution is -2.31. The van der Waals surface area contributed by atoms with Crippen molar-refractivity contribution < 1.29 is 19.1 Å². The van der Waals surface area contributed by atoms with E-state index in [9.17, 15) is 9.59 Å². The summed E-state index contributed by atoms with van der Waals surface area (Å²) in [5.41, 5.74) is 1.11. The van der Waals surface area contributed by atoms with E-state index in [2.05, 4.69) is 26.6 Å². The second kappa shape index (κ2) is 9.91. The van der Waals surface area contributed by atoms with Gasteiger partial charge in [0.15, 0.2) is 6.61 Å². The van der Waals surface area contributed by atoms with Crippen molar-refractivity contribution in [2.75, 3.05) is 25.1 Å². The maximum Gasteiger partial charge on any atom is 0.262 e. The highest BCUT2D eigenvalue weighted by molar-refractivity contribution is 9.10. The minimum atomic E-state index is -0.308. The highest BCUT2D eigenvalue weighted by atomic mass is 79.9. The van der Waals surface area contributed by atoms with Crippen LogP contribution in [0.3, 0.4) is 0 Å². The first-order valence-corrected chi connectivity index (χ1v) is 10.1.